The lowest BCUT2D eigenvalue weighted by molar-refractivity contribution is 0.0768. The maximum Gasteiger partial charge on any atom is 0.255 e. The van der Waals surface area contributed by atoms with E-state index in [1.165, 1.54) is 0 Å². The molecule has 0 aliphatic rings. The number of carbonyl (C=O) groups excluding carboxylic acids is 1. The lowest BCUT2D eigenvalue weighted by atomic mass is 10.1. The summed E-state index contributed by atoms with van der Waals surface area (Å²) in [6.07, 6.45) is 0.336. The minimum absolute atomic E-state index is 0.114. The van der Waals surface area contributed by atoms with Crippen LogP contribution in [-0.2, 0) is 0 Å². The zero-order chi connectivity index (χ0) is 12.8. The van der Waals surface area contributed by atoms with Crippen molar-refractivity contribution in [3.8, 4) is 6.07 Å². The van der Waals surface area contributed by atoms with Gasteiger partial charge < -0.3 is 4.90 Å². The molecule has 0 heterocycles. The number of halogens is 1. The van der Waals surface area contributed by atoms with Gasteiger partial charge in [-0.15, -0.1) is 0 Å². The Bertz CT molecular complexity index is 451. The minimum atomic E-state index is -0.114. The summed E-state index contributed by atoms with van der Waals surface area (Å²) in [5.41, 5.74) is 1.39. The van der Waals surface area contributed by atoms with Crippen LogP contribution in [0.3, 0.4) is 0 Å². The summed E-state index contributed by atoms with van der Waals surface area (Å²) in [5.74, 6) is -0.114. The second kappa shape index (κ2) is 6.27. The second-order valence-electron chi connectivity index (χ2n) is 3.73. The van der Waals surface area contributed by atoms with Crippen molar-refractivity contribution in [1.82, 2.24) is 4.90 Å². The van der Waals surface area contributed by atoms with Gasteiger partial charge in [0.1, 0.15) is 0 Å². The topological polar surface area (TPSA) is 44.1 Å². The van der Waals surface area contributed by atoms with E-state index in [1.54, 1.807) is 11.0 Å². The molecule has 4 heteroatoms. The first-order valence-electron chi connectivity index (χ1n) is 5.53. The van der Waals surface area contributed by atoms with Gasteiger partial charge in [0.2, 0.25) is 0 Å². The van der Waals surface area contributed by atoms with E-state index in [1.807, 2.05) is 32.0 Å². The maximum atomic E-state index is 12.2. The van der Waals surface area contributed by atoms with Crippen LogP contribution >= 0.6 is 11.6 Å². The van der Waals surface area contributed by atoms with Crippen LogP contribution in [0.5, 0.6) is 0 Å². The highest BCUT2D eigenvalue weighted by molar-refractivity contribution is 6.34. The summed E-state index contributed by atoms with van der Waals surface area (Å²) >= 11 is 6.11. The van der Waals surface area contributed by atoms with Gasteiger partial charge in [-0.1, -0.05) is 23.7 Å². The average molecular weight is 251 g/mol. The Morgan fingerprint density at radius 3 is 2.82 bits per heavy atom. The first-order valence-corrected chi connectivity index (χ1v) is 5.91. The van der Waals surface area contributed by atoms with Crippen LogP contribution in [0.2, 0.25) is 5.02 Å². The van der Waals surface area contributed by atoms with Gasteiger partial charge in [0.15, 0.2) is 0 Å². The molecule has 0 spiro atoms. The Hall–Kier alpha value is -1.53. The van der Waals surface area contributed by atoms with Gasteiger partial charge in [-0.2, -0.15) is 5.26 Å². The third kappa shape index (κ3) is 3.21. The molecule has 0 fully saturated rings. The van der Waals surface area contributed by atoms with Crippen molar-refractivity contribution in [1.29, 1.82) is 5.26 Å². The molecular formula is C13H15ClN2O. The van der Waals surface area contributed by atoms with Crippen LogP contribution in [0.25, 0.3) is 0 Å². The van der Waals surface area contributed by atoms with Crippen molar-refractivity contribution in [2.45, 2.75) is 20.3 Å². The predicted octanol–water partition coefficient (Wildman–Crippen LogP) is 3.02. The fourth-order valence-corrected chi connectivity index (χ4v) is 1.78. The molecule has 0 radical (unpaired) electrons. The fourth-order valence-electron chi connectivity index (χ4n) is 1.57. The quantitative estimate of drug-likeness (QED) is 0.825. The number of benzene rings is 1. The number of hydrogen-bond acceptors (Lipinski definition) is 2. The Morgan fingerprint density at radius 1 is 1.53 bits per heavy atom. The zero-order valence-electron chi connectivity index (χ0n) is 10.0. The number of nitrogens with zero attached hydrogens (tertiary/aromatic N) is 2. The van der Waals surface area contributed by atoms with E-state index in [0.29, 0.717) is 30.1 Å². The summed E-state index contributed by atoms with van der Waals surface area (Å²) < 4.78 is 0. The van der Waals surface area contributed by atoms with Gasteiger partial charge in [0, 0.05) is 13.1 Å². The van der Waals surface area contributed by atoms with Crippen LogP contribution in [-0.4, -0.2) is 23.9 Å². The van der Waals surface area contributed by atoms with Gasteiger partial charge in [0.05, 0.1) is 23.1 Å². The summed E-state index contributed by atoms with van der Waals surface area (Å²) in [5, 5.41) is 9.04. The van der Waals surface area contributed by atoms with E-state index in [2.05, 4.69) is 0 Å². The fraction of sp³-hybridized carbons (Fsp3) is 0.385. The number of hydrogen-bond donors (Lipinski definition) is 0. The van der Waals surface area contributed by atoms with E-state index in [4.69, 9.17) is 16.9 Å². The Morgan fingerprint density at radius 2 is 2.24 bits per heavy atom. The van der Waals surface area contributed by atoms with Crippen molar-refractivity contribution < 1.29 is 4.79 Å². The van der Waals surface area contributed by atoms with E-state index in [9.17, 15) is 4.79 Å². The van der Waals surface area contributed by atoms with Crippen LogP contribution in [0.4, 0.5) is 0 Å². The van der Waals surface area contributed by atoms with Crippen LogP contribution in [0.15, 0.2) is 18.2 Å². The van der Waals surface area contributed by atoms with Crippen LogP contribution in [0.1, 0.15) is 29.3 Å². The largest absolute Gasteiger partial charge is 0.338 e. The normalized spacial score (nSPS) is 9.76. The second-order valence-corrected chi connectivity index (χ2v) is 4.11. The number of rotatable bonds is 4. The average Bonchev–Trinajstić information content (AvgIpc) is 2.33. The molecule has 1 aromatic carbocycles. The van der Waals surface area contributed by atoms with Gasteiger partial charge in [0.25, 0.3) is 5.91 Å². The number of aryl methyl sites for hydroxylation is 1. The predicted molar refractivity (Wildman–Crippen MR) is 68.0 cm³/mol. The summed E-state index contributed by atoms with van der Waals surface area (Å²) in [6.45, 7) is 4.77. The third-order valence-corrected chi connectivity index (χ3v) is 3.09. The molecule has 0 saturated heterocycles. The molecule has 1 rings (SSSR count). The van der Waals surface area contributed by atoms with Crippen LogP contribution in [0, 0.1) is 18.3 Å². The molecule has 3 nitrogen and oxygen atoms in total. The molecular weight excluding hydrogens is 236 g/mol. The molecule has 0 saturated carbocycles. The standard InChI is InChI=1S/C13H15ClN2O/c1-3-16(9-5-8-15)13(17)11-7-4-6-10(2)12(11)14/h4,6-7H,3,5,9H2,1-2H3. The van der Waals surface area contributed by atoms with Crippen LogP contribution < -0.4 is 0 Å². The van der Waals surface area contributed by atoms with Crippen molar-refractivity contribution in [3.05, 3.63) is 34.3 Å². The van der Waals surface area contributed by atoms with E-state index in [0.717, 1.165) is 5.56 Å². The van der Waals surface area contributed by atoms with Gasteiger partial charge >= 0.3 is 0 Å². The summed E-state index contributed by atoms with van der Waals surface area (Å²) in [4.78, 5) is 13.8. The number of nitriles is 1. The van der Waals surface area contributed by atoms with Crippen molar-refractivity contribution in [2.24, 2.45) is 0 Å². The molecule has 90 valence electrons. The third-order valence-electron chi connectivity index (χ3n) is 2.58. The maximum absolute atomic E-state index is 12.2. The molecule has 1 aromatic rings. The lowest BCUT2D eigenvalue weighted by Gasteiger charge is -2.20. The molecule has 1 amide bonds. The molecule has 0 aromatic heterocycles. The van der Waals surface area contributed by atoms with Gasteiger partial charge in [-0.05, 0) is 25.5 Å². The highest BCUT2D eigenvalue weighted by atomic mass is 35.5. The first-order chi connectivity index (χ1) is 8.11. The first kappa shape index (κ1) is 13.5. The monoisotopic (exact) mass is 250 g/mol. The van der Waals surface area contributed by atoms with Crippen molar-refractivity contribution in [3.63, 3.8) is 0 Å². The summed E-state index contributed by atoms with van der Waals surface area (Å²) in [6, 6.07) is 7.43. The molecule has 0 N–H and O–H groups in total. The van der Waals surface area contributed by atoms with Gasteiger partial charge in [-0.25, -0.2) is 0 Å². The minimum Gasteiger partial charge on any atom is -0.338 e. The highest BCUT2D eigenvalue weighted by Gasteiger charge is 2.17. The SMILES string of the molecule is CCN(CCC#N)C(=O)c1cccc(C)c1Cl. The Kier molecular flexibility index (Phi) is 4.99. The lowest BCUT2D eigenvalue weighted by Crippen LogP contribution is -2.31. The van der Waals surface area contributed by atoms with Gasteiger partial charge in [-0.3, -0.25) is 4.79 Å². The zero-order valence-corrected chi connectivity index (χ0v) is 10.8. The summed E-state index contributed by atoms with van der Waals surface area (Å²) in [7, 11) is 0. The molecule has 17 heavy (non-hydrogen) atoms. The Labute approximate surface area is 107 Å². The number of carbonyl (C=O) groups is 1. The molecule has 0 aliphatic carbocycles. The van der Waals surface area contributed by atoms with E-state index in [-0.39, 0.29) is 5.91 Å². The molecule has 0 aliphatic heterocycles. The molecule has 0 bridgehead atoms. The smallest absolute Gasteiger partial charge is 0.255 e. The molecule has 0 unspecified atom stereocenters. The number of amides is 1. The molecule has 0 atom stereocenters. The van der Waals surface area contributed by atoms with E-state index >= 15 is 0 Å². The van der Waals surface area contributed by atoms with Crippen molar-refractivity contribution >= 4 is 17.5 Å². The van der Waals surface area contributed by atoms with Crippen molar-refractivity contribution in [2.75, 3.05) is 13.1 Å². The highest BCUT2D eigenvalue weighted by Crippen LogP contribution is 2.21. The van der Waals surface area contributed by atoms with E-state index < -0.39 is 0 Å². The Balaban J connectivity index is 2.94.